The van der Waals surface area contributed by atoms with Crippen LogP contribution in [0.4, 0.5) is 0 Å². The molecule has 1 fully saturated rings. The Morgan fingerprint density at radius 2 is 2.09 bits per heavy atom. The van der Waals surface area contributed by atoms with E-state index >= 15 is 0 Å². The molecule has 0 unspecified atom stereocenters. The molecule has 0 atom stereocenters. The van der Waals surface area contributed by atoms with Crippen LogP contribution < -0.4 is 5.32 Å². The van der Waals surface area contributed by atoms with Crippen molar-refractivity contribution in [3.05, 3.63) is 46.7 Å². The van der Waals surface area contributed by atoms with E-state index in [4.69, 9.17) is 16.7 Å². The monoisotopic (exact) mass is 333 g/mol. The lowest BCUT2D eigenvalue weighted by Gasteiger charge is -2.11. The summed E-state index contributed by atoms with van der Waals surface area (Å²) in [4.78, 5) is 23.4. The van der Waals surface area contributed by atoms with Crippen LogP contribution in [0.15, 0.2) is 30.5 Å². The molecule has 2 aromatic rings. The third-order valence-electron chi connectivity index (χ3n) is 4.23. The quantitative estimate of drug-likeness (QED) is 0.880. The summed E-state index contributed by atoms with van der Waals surface area (Å²) in [6.07, 6.45) is 2.66. The molecule has 1 aromatic heterocycles. The number of benzene rings is 1. The maximum atomic E-state index is 12.3. The van der Waals surface area contributed by atoms with E-state index in [0.717, 1.165) is 0 Å². The predicted octanol–water partition coefficient (Wildman–Crippen LogP) is 2.43. The molecule has 1 aliphatic carbocycles. The van der Waals surface area contributed by atoms with E-state index in [1.165, 1.54) is 6.20 Å². The number of carbonyl (C=O) groups excluding carboxylic acids is 1. The van der Waals surface area contributed by atoms with Crippen molar-refractivity contribution in [3.8, 4) is 5.69 Å². The fourth-order valence-corrected chi connectivity index (χ4v) is 2.68. The van der Waals surface area contributed by atoms with Crippen LogP contribution in [-0.4, -0.2) is 33.3 Å². The van der Waals surface area contributed by atoms with Crippen LogP contribution in [-0.2, 0) is 4.79 Å². The van der Waals surface area contributed by atoms with E-state index in [1.54, 1.807) is 17.7 Å². The van der Waals surface area contributed by atoms with Gasteiger partial charge in [-0.3, -0.25) is 9.59 Å². The molecule has 0 spiro atoms. The summed E-state index contributed by atoms with van der Waals surface area (Å²) < 4.78 is 1.60. The first-order valence-corrected chi connectivity index (χ1v) is 7.63. The predicted molar refractivity (Wildman–Crippen MR) is 84.9 cm³/mol. The first kappa shape index (κ1) is 15.6. The molecular formula is C16H16ClN3O3. The molecular weight excluding hydrogens is 318 g/mol. The number of aliphatic carboxylic acids is 1. The number of nitrogens with one attached hydrogen (secondary N) is 1. The van der Waals surface area contributed by atoms with E-state index in [1.807, 2.05) is 18.2 Å². The standard InChI is InChI=1S/C16H16ClN3O3/c1-10-11(14(21)18-9-16(6-7-16)15(22)23)8-19-20(10)13-5-3-2-4-12(13)17/h2-5,8H,6-7,9H2,1H3,(H,18,21)(H,22,23). The summed E-state index contributed by atoms with van der Waals surface area (Å²) >= 11 is 6.16. The van der Waals surface area contributed by atoms with E-state index in [0.29, 0.717) is 34.8 Å². The Hall–Kier alpha value is -2.34. The number of aromatic nitrogens is 2. The number of halogens is 1. The molecule has 6 nitrogen and oxygen atoms in total. The summed E-state index contributed by atoms with van der Waals surface area (Å²) in [5.74, 6) is -1.19. The molecule has 0 aliphatic heterocycles. The van der Waals surface area contributed by atoms with Gasteiger partial charge in [0.05, 0.1) is 33.6 Å². The number of amides is 1. The highest BCUT2D eigenvalue weighted by molar-refractivity contribution is 6.32. The lowest BCUT2D eigenvalue weighted by Crippen LogP contribution is -2.34. The molecule has 2 N–H and O–H groups in total. The summed E-state index contributed by atoms with van der Waals surface area (Å²) in [5, 5.41) is 16.6. The van der Waals surface area contributed by atoms with Gasteiger partial charge in [0, 0.05) is 6.54 Å². The lowest BCUT2D eigenvalue weighted by molar-refractivity contribution is -0.143. The Bertz CT molecular complexity index is 781. The average molecular weight is 334 g/mol. The van der Waals surface area contributed by atoms with Crippen LogP contribution in [0, 0.1) is 12.3 Å². The van der Waals surface area contributed by atoms with Crippen LogP contribution in [0.25, 0.3) is 5.69 Å². The molecule has 0 saturated heterocycles. The van der Waals surface area contributed by atoms with E-state index in [2.05, 4.69) is 10.4 Å². The van der Waals surface area contributed by atoms with E-state index in [9.17, 15) is 9.59 Å². The minimum Gasteiger partial charge on any atom is -0.481 e. The molecule has 1 heterocycles. The van der Waals surface area contributed by atoms with Crippen molar-refractivity contribution in [2.75, 3.05) is 6.54 Å². The number of carbonyl (C=O) groups is 2. The number of nitrogens with zero attached hydrogens (tertiary/aromatic N) is 2. The Morgan fingerprint density at radius 3 is 2.70 bits per heavy atom. The fourth-order valence-electron chi connectivity index (χ4n) is 2.46. The van der Waals surface area contributed by atoms with Crippen LogP contribution in [0.3, 0.4) is 0 Å². The van der Waals surface area contributed by atoms with Crippen LogP contribution >= 0.6 is 11.6 Å². The number of rotatable bonds is 5. The van der Waals surface area contributed by atoms with Gasteiger partial charge in [0.15, 0.2) is 0 Å². The minimum absolute atomic E-state index is 0.137. The zero-order chi connectivity index (χ0) is 16.6. The highest BCUT2D eigenvalue weighted by atomic mass is 35.5. The largest absolute Gasteiger partial charge is 0.481 e. The van der Waals surface area contributed by atoms with Gasteiger partial charge in [-0.15, -0.1) is 0 Å². The molecule has 1 aliphatic rings. The lowest BCUT2D eigenvalue weighted by atomic mass is 10.1. The van der Waals surface area contributed by atoms with E-state index < -0.39 is 11.4 Å². The molecule has 1 aromatic carbocycles. The highest BCUT2D eigenvalue weighted by Gasteiger charge is 2.50. The van der Waals surface area contributed by atoms with Gasteiger partial charge in [-0.1, -0.05) is 23.7 Å². The van der Waals surface area contributed by atoms with Gasteiger partial charge >= 0.3 is 5.97 Å². The molecule has 1 amide bonds. The number of carboxylic acids is 1. The van der Waals surface area contributed by atoms with Gasteiger partial charge in [0.25, 0.3) is 5.91 Å². The van der Waals surface area contributed by atoms with Crippen LogP contribution in [0.5, 0.6) is 0 Å². The molecule has 23 heavy (non-hydrogen) atoms. The molecule has 0 bridgehead atoms. The van der Waals surface area contributed by atoms with Crippen molar-refractivity contribution in [3.63, 3.8) is 0 Å². The smallest absolute Gasteiger partial charge is 0.311 e. The summed E-state index contributed by atoms with van der Waals surface area (Å²) in [5.41, 5.74) is 0.958. The van der Waals surface area contributed by atoms with Crippen molar-refractivity contribution in [2.45, 2.75) is 19.8 Å². The first-order valence-electron chi connectivity index (χ1n) is 7.26. The summed E-state index contributed by atoms with van der Waals surface area (Å²) in [6, 6.07) is 7.22. The molecule has 120 valence electrons. The van der Waals surface area contributed by atoms with Crippen molar-refractivity contribution >= 4 is 23.5 Å². The topological polar surface area (TPSA) is 84.2 Å². The number of carboxylic acid groups (broad SMARTS) is 1. The Labute approximate surface area is 138 Å². The summed E-state index contributed by atoms with van der Waals surface area (Å²) in [6.45, 7) is 1.91. The average Bonchev–Trinajstić information content (AvgIpc) is 3.23. The maximum Gasteiger partial charge on any atom is 0.311 e. The molecule has 7 heteroatoms. The van der Waals surface area contributed by atoms with Gasteiger partial charge in [0.2, 0.25) is 0 Å². The van der Waals surface area contributed by atoms with Gasteiger partial charge in [-0.25, -0.2) is 4.68 Å². The highest BCUT2D eigenvalue weighted by Crippen LogP contribution is 2.45. The number of hydrogen-bond acceptors (Lipinski definition) is 3. The van der Waals surface area contributed by atoms with Gasteiger partial charge in [-0.2, -0.15) is 5.10 Å². The van der Waals surface area contributed by atoms with Crippen LogP contribution in [0.1, 0.15) is 28.9 Å². The van der Waals surface area contributed by atoms with Gasteiger partial charge in [-0.05, 0) is 31.9 Å². The normalized spacial score (nSPS) is 15.2. The van der Waals surface area contributed by atoms with Crippen molar-refractivity contribution in [2.24, 2.45) is 5.41 Å². The van der Waals surface area contributed by atoms with Gasteiger partial charge in [0.1, 0.15) is 0 Å². The number of para-hydroxylation sites is 1. The SMILES string of the molecule is Cc1c(C(=O)NCC2(C(=O)O)CC2)cnn1-c1ccccc1Cl. The Balaban J connectivity index is 1.78. The van der Waals surface area contributed by atoms with Gasteiger partial charge < -0.3 is 10.4 Å². The van der Waals surface area contributed by atoms with Crippen LogP contribution in [0.2, 0.25) is 5.02 Å². The Kier molecular flexibility index (Phi) is 3.85. The third kappa shape index (κ3) is 2.82. The minimum atomic E-state index is -0.860. The van der Waals surface area contributed by atoms with Crippen molar-refractivity contribution < 1.29 is 14.7 Å². The zero-order valence-electron chi connectivity index (χ0n) is 12.5. The zero-order valence-corrected chi connectivity index (χ0v) is 13.3. The second kappa shape index (κ2) is 5.70. The fraction of sp³-hybridized carbons (Fsp3) is 0.312. The second-order valence-corrected chi connectivity index (χ2v) is 6.18. The van der Waals surface area contributed by atoms with Crippen molar-refractivity contribution in [1.82, 2.24) is 15.1 Å². The molecule has 1 saturated carbocycles. The Morgan fingerprint density at radius 1 is 1.39 bits per heavy atom. The maximum absolute atomic E-state index is 12.3. The van der Waals surface area contributed by atoms with E-state index in [-0.39, 0.29) is 12.5 Å². The van der Waals surface area contributed by atoms with Crippen molar-refractivity contribution in [1.29, 1.82) is 0 Å². The number of hydrogen-bond donors (Lipinski definition) is 2. The summed E-state index contributed by atoms with van der Waals surface area (Å²) in [7, 11) is 0. The third-order valence-corrected chi connectivity index (χ3v) is 4.55. The first-order chi connectivity index (χ1) is 10.9. The second-order valence-electron chi connectivity index (χ2n) is 5.78. The molecule has 0 radical (unpaired) electrons. The molecule has 3 rings (SSSR count).